The predicted octanol–water partition coefficient (Wildman–Crippen LogP) is 1.57. The zero-order valence-corrected chi connectivity index (χ0v) is 12.2. The first-order chi connectivity index (χ1) is 8.60. The van der Waals surface area contributed by atoms with Gasteiger partial charge in [-0.25, -0.2) is 8.42 Å². The van der Waals surface area contributed by atoms with Gasteiger partial charge in [-0.15, -0.1) is 0 Å². The van der Waals surface area contributed by atoms with Crippen LogP contribution in [-0.2, 0) is 9.84 Å². The number of sulfone groups is 1. The molecule has 102 valence electrons. The van der Waals surface area contributed by atoms with Gasteiger partial charge in [0, 0.05) is 11.3 Å². The topological polar surface area (TPSA) is 58.5 Å². The maximum atomic E-state index is 11.7. The Balaban J connectivity index is 1.61. The average molecular weight is 288 g/mol. The molecule has 3 fully saturated rings. The largest absolute Gasteiger partial charge is 0.359 e. The highest BCUT2D eigenvalue weighted by molar-refractivity contribution is 8.14. The maximum absolute atomic E-state index is 11.7. The highest BCUT2D eigenvalue weighted by atomic mass is 32.2. The van der Waals surface area contributed by atoms with E-state index in [1.165, 1.54) is 25.7 Å². The van der Waals surface area contributed by atoms with Crippen molar-refractivity contribution >= 4 is 26.8 Å². The first kappa shape index (κ1) is 12.8. The van der Waals surface area contributed by atoms with Crippen molar-refractivity contribution < 1.29 is 8.42 Å². The van der Waals surface area contributed by atoms with Gasteiger partial charge < -0.3 is 5.32 Å². The Bertz CT molecular complexity index is 453. The molecule has 18 heavy (non-hydrogen) atoms. The number of hydrogen-bond donors (Lipinski definition) is 1. The van der Waals surface area contributed by atoms with Crippen molar-refractivity contribution in [1.29, 1.82) is 0 Å². The van der Waals surface area contributed by atoms with Gasteiger partial charge in [-0.1, -0.05) is 24.6 Å². The molecule has 1 aliphatic carbocycles. The third-order valence-corrected chi connectivity index (χ3v) is 7.78. The third-order valence-electron chi connectivity index (χ3n) is 4.32. The summed E-state index contributed by atoms with van der Waals surface area (Å²) < 4.78 is 23.4. The summed E-state index contributed by atoms with van der Waals surface area (Å²) in [6, 6.07) is 0. The summed E-state index contributed by atoms with van der Waals surface area (Å²) in [5.74, 6) is 1.45. The molecule has 0 bridgehead atoms. The lowest BCUT2D eigenvalue weighted by molar-refractivity contribution is 0.452. The summed E-state index contributed by atoms with van der Waals surface area (Å²) >= 11 is 1.77. The Morgan fingerprint density at radius 2 is 2.11 bits per heavy atom. The summed E-state index contributed by atoms with van der Waals surface area (Å²) in [5.41, 5.74) is 0.276. The minimum Gasteiger partial charge on any atom is -0.359 e. The normalized spacial score (nSPS) is 35.3. The number of thioether (sulfide) groups is 1. The van der Waals surface area contributed by atoms with Gasteiger partial charge in [0.05, 0.1) is 17.5 Å². The monoisotopic (exact) mass is 288 g/mol. The van der Waals surface area contributed by atoms with Crippen LogP contribution in [0, 0.1) is 0 Å². The molecular weight excluding hydrogens is 268 g/mol. The fraction of sp³-hybridized carbons (Fsp3) is 0.917. The van der Waals surface area contributed by atoms with E-state index in [0.29, 0.717) is 12.3 Å². The van der Waals surface area contributed by atoms with Crippen molar-refractivity contribution in [2.75, 3.05) is 18.1 Å². The lowest BCUT2D eigenvalue weighted by atomic mass is 10.0. The van der Waals surface area contributed by atoms with Crippen LogP contribution in [0.15, 0.2) is 4.99 Å². The number of rotatable bonds is 2. The number of aliphatic imine (C=N–C) groups is 1. The summed E-state index contributed by atoms with van der Waals surface area (Å²) in [5, 5.41) is 4.28. The molecule has 2 aliphatic heterocycles. The van der Waals surface area contributed by atoms with Crippen LogP contribution in [0.5, 0.6) is 0 Å². The molecule has 1 N–H and O–H groups in total. The van der Waals surface area contributed by atoms with E-state index >= 15 is 0 Å². The molecule has 3 aliphatic rings. The molecule has 1 atom stereocenters. The van der Waals surface area contributed by atoms with Crippen LogP contribution in [0.4, 0.5) is 0 Å². The molecule has 3 rings (SSSR count). The Morgan fingerprint density at radius 3 is 2.78 bits per heavy atom. The van der Waals surface area contributed by atoms with E-state index in [1.54, 1.807) is 11.8 Å². The quantitative estimate of drug-likeness (QED) is 0.838. The number of nitrogens with one attached hydrogen (secondary N) is 1. The Hall–Kier alpha value is -0.230. The molecule has 0 radical (unpaired) electrons. The van der Waals surface area contributed by atoms with E-state index in [2.05, 4.69) is 10.3 Å². The molecule has 4 nitrogen and oxygen atoms in total. The van der Waals surface area contributed by atoms with Gasteiger partial charge in [0.1, 0.15) is 0 Å². The summed E-state index contributed by atoms with van der Waals surface area (Å²) in [6.07, 6.45) is 6.68. The Labute approximate surface area is 113 Å². The SMILES string of the molecule is O=S1(=O)CCCC1CN=C1NC2(CCCC2)CS1. The molecule has 1 saturated carbocycles. The summed E-state index contributed by atoms with van der Waals surface area (Å²) in [7, 11) is -2.85. The molecule has 6 heteroatoms. The standard InChI is InChI=1S/C12H20N2O2S2/c15-18(16)7-3-4-10(18)8-13-11-14-12(9-17-11)5-1-2-6-12/h10H,1-9H2,(H,13,14). The highest BCUT2D eigenvalue weighted by Gasteiger charge is 2.39. The average Bonchev–Trinajstić information content (AvgIpc) is 3.00. The van der Waals surface area contributed by atoms with Crippen LogP contribution in [0.3, 0.4) is 0 Å². The molecule has 2 heterocycles. The second-order valence-electron chi connectivity index (χ2n) is 5.68. The van der Waals surface area contributed by atoms with E-state index in [1.807, 2.05) is 0 Å². The highest BCUT2D eigenvalue weighted by Crippen LogP contribution is 2.37. The maximum Gasteiger partial charge on any atom is 0.157 e. The van der Waals surface area contributed by atoms with Crippen molar-refractivity contribution in [2.45, 2.75) is 49.3 Å². The van der Waals surface area contributed by atoms with Crippen LogP contribution in [-0.4, -0.2) is 42.4 Å². The number of hydrogen-bond acceptors (Lipinski definition) is 4. The third kappa shape index (κ3) is 2.41. The molecule has 0 aromatic heterocycles. The second kappa shape index (κ2) is 4.71. The fourth-order valence-corrected chi connectivity index (χ4v) is 6.12. The van der Waals surface area contributed by atoms with Crippen molar-refractivity contribution in [3.05, 3.63) is 0 Å². The Kier molecular flexibility index (Phi) is 3.34. The van der Waals surface area contributed by atoms with Crippen LogP contribution >= 0.6 is 11.8 Å². The van der Waals surface area contributed by atoms with E-state index in [-0.39, 0.29) is 10.8 Å². The fourth-order valence-electron chi connectivity index (χ4n) is 3.16. The zero-order chi connectivity index (χ0) is 12.6. The number of nitrogens with zero attached hydrogens (tertiary/aromatic N) is 1. The molecule has 0 aromatic rings. The summed E-state index contributed by atoms with van der Waals surface area (Å²) in [4.78, 5) is 4.51. The predicted molar refractivity (Wildman–Crippen MR) is 75.9 cm³/mol. The lowest BCUT2D eigenvalue weighted by Crippen LogP contribution is -2.40. The van der Waals surface area contributed by atoms with Gasteiger partial charge >= 0.3 is 0 Å². The lowest BCUT2D eigenvalue weighted by Gasteiger charge is -2.21. The van der Waals surface area contributed by atoms with Crippen LogP contribution < -0.4 is 5.32 Å². The van der Waals surface area contributed by atoms with E-state index in [0.717, 1.165) is 23.8 Å². The molecule has 2 saturated heterocycles. The number of amidine groups is 1. The molecule has 0 amide bonds. The van der Waals surface area contributed by atoms with Gasteiger partial charge in [-0.3, -0.25) is 4.99 Å². The van der Waals surface area contributed by atoms with E-state index in [9.17, 15) is 8.42 Å². The smallest absolute Gasteiger partial charge is 0.157 e. The molecular formula is C12H20N2O2S2. The van der Waals surface area contributed by atoms with Gasteiger partial charge in [0.2, 0.25) is 0 Å². The second-order valence-corrected chi connectivity index (χ2v) is 9.04. The van der Waals surface area contributed by atoms with Crippen molar-refractivity contribution in [3.63, 3.8) is 0 Å². The van der Waals surface area contributed by atoms with E-state index < -0.39 is 9.84 Å². The van der Waals surface area contributed by atoms with Gasteiger partial charge in [0.25, 0.3) is 0 Å². The van der Waals surface area contributed by atoms with Crippen LogP contribution in [0.2, 0.25) is 0 Å². The Morgan fingerprint density at radius 1 is 1.33 bits per heavy atom. The zero-order valence-electron chi connectivity index (χ0n) is 10.5. The van der Waals surface area contributed by atoms with Gasteiger partial charge in [-0.05, 0) is 25.7 Å². The van der Waals surface area contributed by atoms with Crippen molar-refractivity contribution in [2.24, 2.45) is 4.99 Å². The minimum atomic E-state index is -2.85. The molecule has 1 unspecified atom stereocenters. The summed E-state index contributed by atoms with van der Waals surface area (Å²) in [6.45, 7) is 0.452. The van der Waals surface area contributed by atoms with Crippen molar-refractivity contribution in [3.8, 4) is 0 Å². The minimum absolute atomic E-state index is 0.229. The first-order valence-electron chi connectivity index (χ1n) is 6.77. The van der Waals surface area contributed by atoms with E-state index in [4.69, 9.17) is 0 Å². The van der Waals surface area contributed by atoms with Gasteiger partial charge in [0.15, 0.2) is 15.0 Å². The van der Waals surface area contributed by atoms with Gasteiger partial charge in [-0.2, -0.15) is 0 Å². The van der Waals surface area contributed by atoms with Crippen LogP contribution in [0.1, 0.15) is 38.5 Å². The molecule has 1 spiro atoms. The van der Waals surface area contributed by atoms with Crippen LogP contribution in [0.25, 0.3) is 0 Å². The van der Waals surface area contributed by atoms with Crippen molar-refractivity contribution in [1.82, 2.24) is 5.32 Å². The first-order valence-corrected chi connectivity index (χ1v) is 9.47. The molecule has 0 aromatic carbocycles.